The molecule has 7 heteroatoms. The molecular formula is C13H24N5O2-. The fraction of sp³-hybridized carbons (Fsp3) is 0.769. The molecule has 0 spiro atoms. The molecule has 0 aliphatic heterocycles. The van der Waals surface area contributed by atoms with Crippen molar-refractivity contribution in [3.63, 3.8) is 0 Å². The van der Waals surface area contributed by atoms with E-state index in [2.05, 4.69) is 10.3 Å². The van der Waals surface area contributed by atoms with E-state index in [-0.39, 0.29) is 5.96 Å². The van der Waals surface area contributed by atoms with Gasteiger partial charge in [-0.15, -0.1) is 0 Å². The molecule has 0 fully saturated rings. The van der Waals surface area contributed by atoms with Crippen LogP contribution in [0.1, 0.15) is 39.5 Å². The van der Waals surface area contributed by atoms with Gasteiger partial charge in [0.2, 0.25) is 5.96 Å². The van der Waals surface area contributed by atoms with Crippen LogP contribution in [0.4, 0.5) is 4.79 Å². The molecule has 3 N–H and O–H groups in total. The summed E-state index contributed by atoms with van der Waals surface area (Å²) in [4.78, 5) is 16.2. The lowest BCUT2D eigenvalue weighted by molar-refractivity contribution is -0.266. The van der Waals surface area contributed by atoms with Gasteiger partial charge in [-0.3, -0.25) is 10.3 Å². The number of nitriles is 1. The maximum absolute atomic E-state index is 10.9. The van der Waals surface area contributed by atoms with Crippen LogP contribution in [0, 0.1) is 17.4 Å². The van der Waals surface area contributed by atoms with Gasteiger partial charge in [0.1, 0.15) is 6.09 Å². The number of nitrogens with two attached hydrogens (primary N) is 1. The Morgan fingerprint density at radius 1 is 1.40 bits per heavy atom. The van der Waals surface area contributed by atoms with Crippen LogP contribution < -0.4 is 16.2 Å². The van der Waals surface area contributed by atoms with Gasteiger partial charge in [0.15, 0.2) is 6.19 Å². The standard InChI is InChI=1S/C13H25N5O2/c1-11(2)9-18(13(19)20)8-6-4-3-5-7-16-12(15)17-10-14/h11H,3-9H2,1-2H3,(H,19,20)(H3,15,16,17)/p-1. The first-order valence-electron chi connectivity index (χ1n) is 6.88. The second kappa shape index (κ2) is 10.9. The van der Waals surface area contributed by atoms with Crippen molar-refractivity contribution in [1.82, 2.24) is 10.2 Å². The minimum Gasteiger partial charge on any atom is -0.530 e. The third kappa shape index (κ3) is 10.00. The number of aliphatic imine (C=N–C) groups is 1. The Labute approximate surface area is 120 Å². The van der Waals surface area contributed by atoms with E-state index in [9.17, 15) is 9.90 Å². The van der Waals surface area contributed by atoms with Crippen molar-refractivity contribution < 1.29 is 9.90 Å². The van der Waals surface area contributed by atoms with Crippen LogP contribution in [0.15, 0.2) is 4.99 Å². The number of carboxylic acid groups (broad SMARTS) is 1. The van der Waals surface area contributed by atoms with E-state index < -0.39 is 6.09 Å². The SMILES string of the molecule is CC(C)CN(CCCCCCN=C(N)NC#N)C(=O)[O-]. The van der Waals surface area contributed by atoms with E-state index in [1.165, 1.54) is 4.90 Å². The predicted molar refractivity (Wildman–Crippen MR) is 75.5 cm³/mol. The molecule has 0 aliphatic rings. The fourth-order valence-electron chi connectivity index (χ4n) is 1.76. The topological polar surface area (TPSA) is 118 Å². The maximum atomic E-state index is 10.9. The summed E-state index contributed by atoms with van der Waals surface area (Å²) in [5.41, 5.74) is 5.38. The third-order valence-corrected chi connectivity index (χ3v) is 2.65. The molecule has 0 radical (unpaired) electrons. The number of unbranched alkanes of at least 4 members (excludes halogenated alkanes) is 3. The Balaban J connectivity index is 3.67. The smallest absolute Gasteiger partial charge is 0.202 e. The summed E-state index contributed by atoms with van der Waals surface area (Å²) < 4.78 is 0. The summed E-state index contributed by atoms with van der Waals surface area (Å²) >= 11 is 0. The second-order valence-electron chi connectivity index (χ2n) is 5.02. The average molecular weight is 282 g/mol. The average Bonchev–Trinajstić information content (AvgIpc) is 2.35. The molecule has 0 aliphatic carbocycles. The van der Waals surface area contributed by atoms with Crippen LogP contribution in [0.3, 0.4) is 0 Å². The lowest BCUT2D eigenvalue weighted by atomic mass is 10.1. The van der Waals surface area contributed by atoms with Crippen molar-refractivity contribution in [3.8, 4) is 6.19 Å². The summed E-state index contributed by atoms with van der Waals surface area (Å²) in [6, 6.07) is 0. The summed E-state index contributed by atoms with van der Waals surface area (Å²) in [6.45, 7) is 5.56. The van der Waals surface area contributed by atoms with Crippen LogP contribution in [0.5, 0.6) is 0 Å². The number of carbonyl (C=O) groups excluding carboxylic acids is 1. The van der Waals surface area contributed by atoms with Gasteiger partial charge in [0.05, 0.1) is 0 Å². The summed E-state index contributed by atoms with van der Waals surface area (Å²) in [6.07, 6.45) is 4.16. The van der Waals surface area contributed by atoms with Gasteiger partial charge < -0.3 is 20.5 Å². The van der Waals surface area contributed by atoms with Gasteiger partial charge in [-0.05, 0) is 18.8 Å². The Morgan fingerprint density at radius 2 is 2.05 bits per heavy atom. The van der Waals surface area contributed by atoms with Crippen molar-refractivity contribution in [2.45, 2.75) is 39.5 Å². The quantitative estimate of drug-likeness (QED) is 0.206. The third-order valence-electron chi connectivity index (χ3n) is 2.65. The van der Waals surface area contributed by atoms with Gasteiger partial charge in [0, 0.05) is 19.6 Å². The molecule has 0 heterocycles. The first kappa shape index (κ1) is 18.0. The van der Waals surface area contributed by atoms with Gasteiger partial charge in [-0.1, -0.05) is 26.7 Å². The van der Waals surface area contributed by atoms with Gasteiger partial charge in [-0.25, -0.2) is 0 Å². The van der Waals surface area contributed by atoms with Crippen molar-refractivity contribution in [1.29, 1.82) is 5.26 Å². The van der Waals surface area contributed by atoms with Crippen LogP contribution in [-0.2, 0) is 0 Å². The van der Waals surface area contributed by atoms with Gasteiger partial charge >= 0.3 is 0 Å². The van der Waals surface area contributed by atoms with E-state index in [4.69, 9.17) is 11.0 Å². The second-order valence-corrected chi connectivity index (χ2v) is 5.02. The maximum Gasteiger partial charge on any atom is 0.202 e. The Kier molecular flexibility index (Phi) is 9.83. The normalized spacial score (nSPS) is 11.2. The van der Waals surface area contributed by atoms with Gasteiger partial charge in [0.25, 0.3) is 0 Å². The van der Waals surface area contributed by atoms with E-state index >= 15 is 0 Å². The number of guanidine groups is 1. The number of hydrogen-bond donors (Lipinski definition) is 2. The van der Waals surface area contributed by atoms with E-state index in [0.717, 1.165) is 25.7 Å². The summed E-state index contributed by atoms with van der Waals surface area (Å²) in [5, 5.41) is 21.4. The Hall–Kier alpha value is -1.97. The first-order valence-corrected chi connectivity index (χ1v) is 6.88. The van der Waals surface area contributed by atoms with Crippen LogP contribution in [-0.4, -0.2) is 36.6 Å². The molecule has 0 bridgehead atoms. The molecule has 1 amide bonds. The Bertz CT molecular complexity index is 349. The Morgan fingerprint density at radius 3 is 2.60 bits per heavy atom. The molecule has 114 valence electrons. The molecule has 7 nitrogen and oxygen atoms in total. The minimum absolute atomic E-state index is 0.132. The number of nitrogens with one attached hydrogen (secondary N) is 1. The lowest BCUT2D eigenvalue weighted by Gasteiger charge is -2.26. The molecular weight excluding hydrogens is 258 g/mol. The number of hydrogen-bond acceptors (Lipinski definition) is 4. The highest BCUT2D eigenvalue weighted by atomic mass is 16.4. The van der Waals surface area contributed by atoms with Crippen molar-refractivity contribution in [3.05, 3.63) is 0 Å². The van der Waals surface area contributed by atoms with Crippen LogP contribution >= 0.6 is 0 Å². The zero-order chi connectivity index (χ0) is 15.4. The van der Waals surface area contributed by atoms with Gasteiger partial charge in [-0.2, -0.15) is 5.26 Å². The molecule has 0 rings (SSSR count). The van der Waals surface area contributed by atoms with Crippen molar-refractivity contribution in [2.24, 2.45) is 16.6 Å². The highest BCUT2D eigenvalue weighted by Gasteiger charge is 2.06. The monoisotopic (exact) mass is 282 g/mol. The zero-order valence-corrected chi connectivity index (χ0v) is 12.3. The van der Waals surface area contributed by atoms with Crippen molar-refractivity contribution in [2.75, 3.05) is 19.6 Å². The number of nitrogens with zero attached hydrogens (tertiary/aromatic N) is 3. The highest BCUT2D eigenvalue weighted by molar-refractivity contribution is 5.79. The molecule has 0 saturated carbocycles. The van der Waals surface area contributed by atoms with E-state index in [1.807, 2.05) is 13.8 Å². The molecule has 0 aromatic heterocycles. The van der Waals surface area contributed by atoms with Crippen LogP contribution in [0.25, 0.3) is 0 Å². The molecule has 0 aromatic rings. The van der Waals surface area contributed by atoms with E-state index in [0.29, 0.717) is 25.6 Å². The molecule has 0 atom stereocenters. The minimum atomic E-state index is -1.10. The number of rotatable bonds is 9. The number of amides is 1. The van der Waals surface area contributed by atoms with Crippen molar-refractivity contribution >= 4 is 12.1 Å². The number of carbonyl (C=O) groups is 1. The highest BCUT2D eigenvalue weighted by Crippen LogP contribution is 2.04. The molecule has 0 aromatic carbocycles. The van der Waals surface area contributed by atoms with E-state index in [1.54, 1.807) is 6.19 Å². The lowest BCUT2D eigenvalue weighted by Crippen LogP contribution is -2.43. The summed E-state index contributed by atoms with van der Waals surface area (Å²) in [5.74, 6) is 0.436. The molecule has 0 unspecified atom stereocenters. The predicted octanol–water partition coefficient (Wildman–Crippen LogP) is 0.233. The molecule has 0 saturated heterocycles. The van der Waals surface area contributed by atoms with Crippen LogP contribution in [0.2, 0.25) is 0 Å². The largest absolute Gasteiger partial charge is 0.530 e. The zero-order valence-electron chi connectivity index (χ0n) is 12.3. The fourth-order valence-corrected chi connectivity index (χ4v) is 1.76. The first-order chi connectivity index (χ1) is 9.47. The summed E-state index contributed by atoms with van der Waals surface area (Å²) in [7, 11) is 0. The molecule has 20 heavy (non-hydrogen) atoms.